The molecule has 1 aromatic carbocycles. The summed E-state index contributed by atoms with van der Waals surface area (Å²) in [6, 6.07) is 8.40. The Morgan fingerprint density at radius 3 is 2.96 bits per heavy atom. The smallest absolute Gasteiger partial charge is 0.276 e. The molecule has 0 saturated heterocycles. The molecule has 0 bridgehead atoms. The highest BCUT2D eigenvalue weighted by atomic mass is 32.2. The maximum atomic E-state index is 11.9. The molecule has 2 aliphatic heterocycles. The number of rotatable bonds is 3. The van der Waals surface area contributed by atoms with E-state index in [9.17, 15) is 4.79 Å². The highest BCUT2D eigenvalue weighted by molar-refractivity contribution is 8.29. The van der Waals surface area contributed by atoms with E-state index in [0.29, 0.717) is 16.0 Å². The summed E-state index contributed by atoms with van der Waals surface area (Å²) < 4.78 is 0. The number of allylic oxidation sites excluding steroid dienone is 1. The van der Waals surface area contributed by atoms with Gasteiger partial charge in [0.05, 0.1) is 0 Å². The van der Waals surface area contributed by atoms with Gasteiger partial charge in [-0.3, -0.25) is 4.79 Å². The van der Waals surface area contributed by atoms with Crippen molar-refractivity contribution >= 4 is 33.4 Å². The summed E-state index contributed by atoms with van der Waals surface area (Å²) in [6.07, 6.45) is 1.48. The van der Waals surface area contributed by atoms with E-state index in [-0.39, 0.29) is 5.91 Å². The summed E-state index contributed by atoms with van der Waals surface area (Å²) in [5.41, 5.74) is 4.27. The van der Waals surface area contributed by atoms with Gasteiger partial charge in [-0.1, -0.05) is 31.7 Å². The predicted octanol–water partition coefficient (Wildman–Crippen LogP) is 3.27. The lowest BCUT2D eigenvalue weighted by molar-refractivity contribution is -0.114. The molecule has 1 unspecified atom stereocenters. The van der Waals surface area contributed by atoms with Gasteiger partial charge in [0.1, 0.15) is 10.7 Å². The van der Waals surface area contributed by atoms with Crippen LogP contribution in [0.2, 0.25) is 0 Å². The summed E-state index contributed by atoms with van der Waals surface area (Å²) in [5, 5.41) is 3.73. The molecule has 0 aliphatic carbocycles. The Bertz CT molecular complexity index is 794. The van der Waals surface area contributed by atoms with Gasteiger partial charge in [0.2, 0.25) is 0 Å². The van der Waals surface area contributed by atoms with Crippen molar-refractivity contribution in [1.82, 2.24) is 5.32 Å². The molecule has 5 nitrogen and oxygen atoms in total. The van der Waals surface area contributed by atoms with Crippen LogP contribution in [-0.4, -0.2) is 29.6 Å². The van der Waals surface area contributed by atoms with Gasteiger partial charge in [-0.05, 0) is 30.3 Å². The largest absolute Gasteiger partial charge is 0.353 e. The number of hydrogen-bond acceptors (Lipinski definition) is 5. The summed E-state index contributed by atoms with van der Waals surface area (Å²) in [4.78, 5) is 23.0. The van der Waals surface area contributed by atoms with Crippen molar-refractivity contribution in [3.8, 4) is 0 Å². The van der Waals surface area contributed by atoms with E-state index in [2.05, 4.69) is 51.9 Å². The molecule has 1 N–H and O–H groups in total. The summed E-state index contributed by atoms with van der Waals surface area (Å²) >= 11 is 1.28. The van der Waals surface area contributed by atoms with E-state index >= 15 is 0 Å². The van der Waals surface area contributed by atoms with Crippen molar-refractivity contribution in [2.24, 2.45) is 9.98 Å². The summed E-state index contributed by atoms with van der Waals surface area (Å²) in [7, 11) is 1.60. The topological polar surface area (TPSA) is 57.1 Å². The number of hydrogen-bond donors (Lipinski definition) is 1. The highest BCUT2D eigenvalue weighted by Crippen LogP contribution is 2.40. The number of nitrogens with zero attached hydrogens (tertiary/aromatic N) is 3. The van der Waals surface area contributed by atoms with Gasteiger partial charge in [0.25, 0.3) is 5.91 Å². The van der Waals surface area contributed by atoms with Crippen LogP contribution in [0.1, 0.15) is 25.3 Å². The highest BCUT2D eigenvalue weighted by Gasteiger charge is 2.31. The fraction of sp³-hybridized carbons (Fsp3) is 0.278. The SMILES string of the molecule is C=CN=C1SC(C(=O)NC)=N/C1=C(/C)N1CC(C)c2ccccc21. The Hall–Kier alpha value is -2.34. The Morgan fingerprint density at radius 2 is 2.25 bits per heavy atom. The van der Waals surface area contributed by atoms with Crippen LogP contribution in [0.5, 0.6) is 0 Å². The number of benzene rings is 1. The maximum absolute atomic E-state index is 11.9. The number of nitrogens with one attached hydrogen (secondary N) is 1. The van der Waals surface area contributed by atoms with E-state index in [1.54, 1.807) is 7.05 Å². The number of aliphatic imine (C=N–C) groups is 2. The number of fused-ring (bicyclic) bond motifs is 1. The van der Waals surface area contributed by atoms with Crippen LogP contribution in [-0.2, 0) is 4.79 Å². The van der Waals surface area contributed by atoms with Gasteiger partial charge in [0.15, 0.2) is 5.04 Å². The molecule has 124 valence electrons. The molecule has 0 radical (unpaired) electrons. The number of carbonyl (C=O) groups is 1. The van der Waals surface area contributed by atoms with Crippen LogP contribution in [0.3, 0.4) is 0 Å². The van der Waals surface area contributed by atoms with Crippen LogP contribution in [0, 0.1) is 0 Å². The third kappa shape index (κ3) is 2.78. The van der Waals surface area contributed by atoms with Crippen molar-refractivity contribution in [3.63, 3.8) is 0 Å². The summed E-state index contributed by atoms with van der Waals surface area (Å²) in [6.45, 7) is 8.81. The van der Waals surface area contributed by atoms with Crippen molar-refractivity contribution in [2.75, 3.05) is 18.5 Å². The molecule has 2 heterocycles. The van der Waals surface area contributed by atoms with Crippen molar-refractivity contribution in [1.29, 1.82) is 0 Å². The van der Waals surface area contributed by atoms with Gasteiger partial charge in [-0.15, -0.1) is 0 Å². The molecular formula is C18H20N4OS. The Kier molecular flexibility index (Phi) is 4.57. The number of para-hydroxylation sites is 1. The lowest BCUT2D eigenvalue weighted by Crippen LogP contribution is -2.24. The fourth-order valence-electron chi connectivity index (χ4n) is 2.99. The lowest BCUT2D eigenvalue weighted by Gasteiger charge is -2.21. The summed E-state index contributed by atoms with van der Waals surface area (Å²) in [5.74, 6) is 0.253. The van der Waals surface area contributed by atoms with Gasteiger partial charge in [0, 0.05) is 37.1 Å². The first-order chi connectivity index (χ1) is 11.6. The molecule has 0 spiro atoms. The van der Waals surface area contributed by atoms with Crippen molar-refractivity contribution in [3.05, 3.63) is 54.0 Å². The Balaban J connectivity index is 2.06. The first-order valence-corrected chi connectivity index (χ1v) is 8.63. The molecule has 24 heavy (non-hydrogen) atoms. The first-order valence-electron chi connectivity index (χ1n) is 7.81. The van der Waals surface area contributed by atoms with Crippen molar-refractivity contribution in [2.45, 2.75) is 19.8 Å². The van der Waals surface area contributed by atoms with Gasteiger partial charge in [-0.2, -0.15) is 0 Å². The monoisotopic (exact) mass is 340 g/mol. The second-order valence-corrected chi connectivity index (χ2v) is 6.70. The van der Waals surface area contributed by atoms with Crippen LogP contribution in [0.15, 0.2) is 58.4 Å². The zero-order chi connectivity index (χ0) is 17.3. The van der Waals surface area contributed by atoms with E-state index in [4.69, 9.17) is 0 Å². The molecule has 2 aliphatic rings. The molecule has 1 aromatic rings. The molecule has 1 amide bonds. The van der Waals surface area contributed by atoms with E-state index in [1.165, 1.54) is 29.2 Å². The lowest BCUT2D eigenvalue weighted by atomic mass is 10.0. The quantitative estimate of drug-likeness (QED) is 0.919. The van der Waals surface area contributed by atoms with E-state index < -0.39 is 0 Å². The average Bonchev–Trinajstić information content (AvgIpc) is 3.16. The third-order valence-corrected chi connectivity index (χ3v) is 5.16. The number of amides is 1. The van der Waals surface area contributed by atoms with Crippen molar-refractivity contribution < 1.29 is 4.79 Å². The zero-order valence-electron chi connectivity index (χ0n) is 14.0. The normalized spacial score (nSPS) is 23.1. The average molecular weight is 340 g/mol. The van der Waals surface area contributed by atoms with Crippen LogP contribution in [0.25, 0.3) is 0 Å². The Labute approximate surface area is 146 Å². The van der Waals surface area contributed by atoms with E-state index in [0.717, 1.165) is 17.9 Å². The van der Waals surface area contributed by atoms with Crippen LogP contribution < -0.4 is 10.2 Å². The fourth-order valence-corrected chi connectivity index (χ4v) is 3.92. The standard InChI is InChI=1S/C18H20N4OS/c1-5-20-17-15(21-18(24-17)16(23)19-4)12(3)22-10-11(2)13-8-6-7-9-14(13)22/h5-9,11H,1,10H2,2-4H3,(H,19,23)/b15-12-,20-17?. The molecule has 0 fully saturated rings. The predicted molar refractivity (Wildman–Crippen MR) is 102 cm³/mol. The molecule has 0 saturated carbocycles. The third-order valence-electron chi connectivity index (χ3n) is 4.20. The van der Waals surface area contributed by atoms with Gasteiger partial charge < -0.3 is 10.2 Å². The molecule has 0 aromatic heterocycles. The number of carbonyl (C=O) groups excluding carboxylic acids is 1. The number of anilines is 1. The Morgan fingerprint density at radius 1 is 1.50 bits per heavy atom. The van der Waals surface area contributed by atoms with E-state index in [1.807, 2.05) is 13.0 Å². The van der Waals surface area contributed by atoms with Gasteiger partial charge in [-0.25, -0.2) is 9.98 Å². The minimum atomic E-state index is -0.199. The zero-order valence-corrected chi connectivity index (χ0v) is 14.9. The first kappa shape index (κ1) is 16.5. The van der Waals surface area contributed by atoms with Crippen LogP contribution >= 0.6 is 11.8 Å². The molecular weight excluding hydrogens is 320 g/mol. The second kappa shape index (κ2) is 6.65. The molecule has 3 rings (SSSR count). The second-order valence-electron chi connectivity index (χ2n) is 5.72. The minimum absolute atomic E-state index is 0.199. The van der Waals surface area contributed by atoms with Crippen LogP contribution in [0.4, 0.5) is 5.69 Å². The maximum Gasteiger partial charge on any atom is 0.276 e. The van der Waals surface area contributed by atoms with Gasteiger partial charge >= 0.3 is 0 Å². The molecule has 1 atom stereocenters. The number of thioether (sulfide) groups is 1. The minimum Gasteiger partial charge on any atom is -0.353 e. The molecule has 6 heteroatoms.